The van der Waals surface area contributed by atoms with E-state index in [-0.39, 0.29) is 0 Å². The van der Waals surface area contributed by atoms with Crippen molar-refractivity contribution in [2.75, 3.05) is 6.54 Å². The number of hydrogen-bond acceptors (Lipinski definition) is 1. The lowest BCUT2D eigenvalue weighted by molar-refractivity contribution is 0.408. The molecule has 0 spiro atoms. The summed E-state index contributed by atoms with van der Waals surface area (Å²) in [4.78, 5) is 2.27. The molecule has 0 bridgehead atoms. The summed E-state index contributed by atoms with van der Waals surface area (Å²) in [6.45, 7) is 5.61. The van der Waals surface area contributed by atoms with Gasteiger partial charge in [-0.2, -0.15) is 0 Å². The maximum Gasteiger partial charge on any atom is 0.0427 e. The molecule has 0 saturated carbocycles. The molecule has 2 aromatic rings. The molecule has 0 amide bonds. The van der Waals surface area contributed by atoms with Gasteiger partial charge >= 0.3 is 0 Å². The van der Waals surface area contributed by atoms with Crippen LogP contribution in [0.25, 0.3) is 0 Å². The monoisotopic (exact) mass is 263 g/mol. The van der Waals surface area contributed by atoms with Crippen molar-refractivity contribution in [1.82, 2.24) is 4.90 Å². The minimum absolute atomic E-state index is 0.861. The van der Waals surface area contributed by atoms with Gasteiger partial charge in [0.1, 0.15) is 0 Å². The Morgan fingerprint density at radius 1 is 0.850 bits per heavy atom. The average molecular weight is 263 g/mol. The zero-order valence-corrected chi connectivity index (χ0v) is 11.8. The highest BCUT2D eigenvalue weighted by atomic mass is 15.1. The van der Waals surface area contributed by atoms with Gasteiger partial charge in [0.25, 0.3) is 0 Å². The van der Waals surface area contributed by atoms with Gasteiger partial charge in [-0.15, -0.1) is 6.58 Å². The number of rotatable bonds is 7. The molecule has 0 atom stereocenters. The van der Waals surface area contributed by atoms with Gasteiger partial charge in [-0.05, 0) is 23.7 Å². The highest BCUT2D eigenvalue weighted by Gasteiger charge is 1.98. The number of benzene rings is 2. The number of nitrogens with zero attached hydrogens (tertiary/aromatic N) is 1. The number of allylic oxidation sites excluding steroid dienone is 1. The molecule has 0 radical (unpaired) electrons. The van der Waals surface area contributed by atoms with Gasteiger partial charge in [0.2, 0.25) is 0 Å². The Morgan fingerprint density at radius 2 is 1.45 bits per heavy atom. The molecule has 0 aliphatic rings. The van der Waals surface area contributed by atoms with Gasteiger partial charge in [0.15, 0.2) is 0 Å². The molecule has 0 aliphatic heterocycles. The van der Waals surface area contributed by atoms with Crippen molar-refractivity contribution in [2.45, 2.75) is 13.0 Å². The van der Waals surface area contributed by atoms with Crippen molar-refractivity contribution in [3.63, 3.8) is 0 Å². The summed E-state index contributed by atoms with van der Waals surface area (Å²) in [6.07, 6.45) is 7.28. The fourth-order valence-electron chi connectivity index (χ4n) is 2.11. The summed E-state index contributed by atoms with van der Waals surface area (Å²) < 4.78 is 0. The Balaban J connectivity index is 1.93. The van der Waals surface area contributed by atoms with Crippen LogP contribution in [0.5, 0.6) is 0 Å². The van der Waals surface area contributed by atoms with Crippen LogP contribution in [-0.2, 0) is 13.0 Å². The maximum absolute atomic E-state index is 3.83. The van der Waals surface area contributed by atoms with Crippen LogP contribution in [0.2, 0.25) is 0 Å². The zero-order valence-electron chi connectivity index (χ0n) is 11.8. The first-order valence-corrected chi connectivity index (χ1v) is 6.98. The SMILES string of the molecule is C=CCN(/C=C/Cc1ccccc1)Cc1ccccc1. The van der Waals surface area contributed by atoms with Gasteiger partial charge in [0.05, 0.1) is 0 Å². The van der Waals surface area contributed by atoms with Crippen LogP contribution in [-0.4, -0.2) is 11.4 Å². The molecule has 0 fully saturated rings. The van der Waals surface area contributed by atoms with Crippen molar-refractivity contribution < 1.29 is 0 Å². The zero-order chi connectivity index (χ0) is 14.0. The minimum atomic E-state index is 0.861. The normalized spacial score (nSPS) is 10.6. The fraction of sp³-hybridized carbons (Fsp3) is 0.158. The molecular weight excluding hydrogens is 242 g/mol. The van der Waals surface area contributed by atoms with Crippen LogP contribution < -0.4 is 0 Å². The molecular formula is C19H21N. The van der Waals surface area contributed by atoms with Crippen molar-refractivity contribution in [3.05, 3.63) is 96.7 Å². The second-order valence-corrected chi connectivity index (χ2v) is 4.78. The lowest BCUT2D eigenvalue weighted by Crippen LogP contribution is -2.16. The van der Waals surface area contributed by atoms with Crippen molar-refractivity contribution >= 4 is 0 Å². The van der Waals surface area contributed by atoms with Gasteiger partial charge < -0.3 is 4.90 Å². The second kappa shape index (κ2) is 8.00. The van der Waals surface area contributed by atoms with Crippen molar-refractivity contribution in [3.8, 4) is 0 Å². The van der Waals surface area contributed by atoms with Crippen LogP contribution in [0.4, 0.5) is 0 Å². The van der Waals surface area contributed by atoms with Gasteiger partial charge in [-0.25, -0.2) is 0 Å². The third-order valence-electron chi connectivity index (χ3n) is 3.10. The summed E-state index contributed by atoms with van der Waals surface area (Å²) in [5.74, 6) is 0. The van der Waals surface area contributed by atoms with Crippen LogP contribution >= 0.6 is 0 Å². The molecule has 0 N–H and O–H groups in total. The standard InChI is InChI=1S/C19H21N/c1-2-15-20(17-19-12-7-4-8-13-19)16-9-14-18-10-5-3-6-11-18/h2-13,16H,1,14-15,17H2/b16-9+. The summed E-state index contributed by atoms with van der Waals surface area (Å²) in [6, 6.07) is 21.0. The Bertz CT molecular complexity index is 528. The quantitative estimate of drug-likeness (QED) is 0.668. The topological polar surface area (TPSA) is 3.24 Å². The largest absolute Gasteiger partial charge is 0.370 e. The van der Waals surface area contributed by atoms with Gasteiger partial charge in [-0.3, -0.25) is 0 Å². The van der Waals surface area contributed by atoms with E-state index in [1.165, 1.54) is 11.1 Å². The minimum Gasteiger partial charge on any atom is -0.370 e. The van der Waals surface area contributed by atoms with E-state index >= 15 is 0 Å². The predicted molar refractivity (Wildman–Crippen MR) is 86.3 cm³/mol. The molecule has 2 aromatic carbocycles. The van der Waals surface area contributed by atoms with Gasteiger partial charge in [-0.1, -0.05) is 72.8 Å². The van der Waals surface area contributed by atoms with Crippen LogP contribution in [0, 0.1) is 0 Å². The molecule has 0 aliphatic carbocycles. The van der Waals surface area contributed by atoms with E-state index in [9.17, 15) is 0 Å². The molecule has 0 aromatic heterocycles. The summed E-state index contributed by atoms with van der Waals surface area (Å²) in [5.41, 5.74) is 2.65. The lowest BCUT2D eigenvalue weighted by atomic mass is 10.1. The van der Waals surface area contributed by atoms with Crippen LogP contribution in [0.15, 0.2) is 85.6 Å². The van der Waals surface area contributed by atoms with Gasteiger partial charge in [0, 0.05) is 13.1 Å². The third-order valence-corrected chi connectivity index (χ3v) is 3.10. The van der Waals surface area contributed by atoms with Crippen LogP contribution in [0.1, 0.15) is 11.1 Å². The Labute approximate surface area is 121 Å². The van der Waals surface area contributed by atoms with E-state index in [0.717, 1.165) is 19.5 Å². The molecule has 0 heterocycles. The van der Waals surface area contributed by atoms with E-state index in [1.54, 1.807) is 0 Å². The first kappa shape index (κ1) is 14.1. The predicted octanol–water partition coefficient (Wildman–Crippen LogP) is 4.43. The summed E-state index contributed by atoms with van der Waals surface area (Å²) in [5, 5.41) is 0. The van der Waals surface area contributed by atoms with E-state index in [1.807, 2.05) is 18.2 Å². The van der Waals surface area contributed by atoms with E-state index in [0.29, 0.717) is 0 Å². The molecule has 102 valence electrons. The molecule has 0 unspecified atom stereocenters. The lowest BCUT2D eigenvalue weighted by Gasteiger charge is -2.18. The summed E-state index contributed by atoms with van der Waals surface area (Å²) >= 11 is 0. The summed E-state index contributed by atoms with van der Waals surface area (Å²) in [7, 11) is 0. The van der Waals surface area contributed by atoms with E-state index < -0.39 is 0 Å². The molecule has 2 rings (SSSR count). The average Bonchev–Trinajstić information content (AvgIpc) is 2.49. The van der Waals surface area contributed by atoms with Crippen molar-refractivity contribution in [1.29, 1.82) is 0 Å². The van der Waals surface area contributed by atoms with E-state index in [4.69, 9.17) is 0 Å². The maximum atomic E-state index is 3.83. The Hall–Kier alpha value is -2.28. The van der Waals surface area contributed by atoms with Crippen LogP contribution in [0.3, 0.4) is 0 Å². The number of hydrogen-bond donors (Lipinski definition) is 0. The Kier molecular flexibility index (Phi) is 5.66. The Morgan fingerprint density at radius 3 is 2.05 bits per heavy atom. The van der Waals surface area contributed by atoms with Crippen molar-refractivity contribution in [2.24, 2.45) is 0 Å². The molecule has 1 nitrogen and oxygen atoms in total. The molecule has 20 heavy (non-hydrogen) atoms. The highest BCUT2D eigenvalue weighted by molar-refractivity contribution is 5.18. The first-order valence-electron chi connectivity index (χ1n) is 6.98. The molecule has 0 saturated heterocycles. The molecule has 1 heteroatoms. The first-order chi connectivity index (χ1) is 9.88. The smallest absolute Gasteiger partial charge is 0.0427 e. The fourth-order valence-corrected chi connectivity index (χ4v) is 2.11. The van der Waals surface area contributed by atoms with E-state index in [2.05, 4.69) is 72.3 Å². The third kappa shape index (κ3) is 4.77. The second-order valence-electron chi connectivity index (χ2n) is 4.78. The highest BCUT2D eigenvalue weighted by Crippen LogP contribution is 2.06.